The van der Waals surface area contributed by atoms with E-state index in [0.29, 0.717) is 17.9 Å². The Bertz CT molecular complexity index is 597. The summed E-state index contributed by atoms with van der Waals surface area (Å²) in [5.41, 5.74) is 2.12. The number of hydrogen-bond donors (Lipinski definition) is 3. The minimum atomic E-state index is -1.02. The van der Waals surface area contributed by atoms with Crippen LogP contribution in [0.4, 0.5) is 5.69 Å². The first-order chi connectivity index (χ1) is 8.20. The van der Waals surface area contributed by atoms with Crippen LogP contribution in [0.25, 0.3) is 11.3 Å². The van der Waals surface area contributed by atoms with Gasteiger partial charge in [0.25, 0.3) is 0 Å². The number of rotatable bonds is 2. The number of fused-ring (bicyclic) bond motifs is 3. The lowest BCUT2D eigenvalue weighted by Gasteiger charge is -2.12. The number of carboxylic acid groups (broad SMARTS) is 1. The summed E-state index contributed by atoms with van der Waals surface area (Å²) in [5, 5.41) is 18.6. The van der Waals surface area contributed by atoms with Crippen LogP contribution >= 0.6 is 0 Å². The van der Waals surface area contributed by atoms with Gasteiger partial charge >= 0.3 is 5.97 Å². The summed E-state index contributed by atoms with van der Waals surface area (Å²) in [6.45, 7) is 2.49. The van der Waals surface area contributed by atoms with Crippen LogP contribution in [0.2, 0.25) is 0 Å². The second-order valence-electron chi connectivity index (χ2n) is 3.88. The molecule has 3 N–H and O–H groups in total. The molecule has 2 aromatic rings. The van der Waals surface area contributed by atoms with E-state index in [4.69, 9.17) is 9.52 Å². The smallest absolute Gasteiger partial charge is 0.356 e. The highest BCUT2D eigenvalue weighted by molar-refractivity contribution is 5.97. The van der Waals surface area contributed by atoms with E-state index < -0.39 is 5.97 Å². The molecule has 0 bridgehead atoms. The van der Waals surface area contributed by atoms with Gasteiger partial charge in [-0.05, 0) is 6.07 Å². The number of aromatic nitrogens is 2. The van der Waals surface area contributed by atoms with Crippen molar-refractivity contribution in [2.24, 2.45) is 0 Å². The Morgan fingerprint density at radius 2 is 2.47 bits per heavy atom. The van der Waals surface area contributed by atoms with E-state index in [0.717, 1.165) is 23.5 Å². The van der Waals surface area contributed by atoms with Gasteiger partial charge in [0.1, 0.15) is 17.2 Å². The van der Waals surface area contributed by atoms with Gasteiger partial charge in [-0.25, -0.2) is 4.79 Å². The Hall–Kier alpha value is -2.24. The number of H-pyrrole nitrogens is 1. The molecule has 2 aromatic heterocycles. The number of aryl methyl sites for hydroxylation is 1. The monoisotopic (exact) mass is 233 g/mol. The number of furan rings is 1. The quantitative estimate of drug-likeness (QED) is 0.736. The van der Waals surface area contributed by atoms with E-state index in [9.17, 15) is 4.79 Å². The molecule has 0 aliphatic carbocycles. The second kappa shape index (κ2) is 3.38. The van der Waals surface area contributed by atoms with Gasteiger partial charge in [0.05, 0.1) is 12.2 Å². The molecule has 0 aromatic carbocycles. The number of anilines is 1. The summed E-state index contributed by atoms with van der Waals surface area (Å²) < 4.78 is 5.62. The minimum absolute atomic E-state index is 0.0879. The molecule has 0 atom stereocenters. The van der Waals surface area contributed by atoms with Crippen molar-refractivity contribution in [1.29, 1.82) is 0 Å². The van der Waals surface area contributed by atoms with Crippen molar-refractivity contribution in [3.05, 3.63) is 23.3 Å². The van der Waals surface area contributed by atoms with Crippen LogP contribution in [-0.2, 0) is 13.0 Å². The first kappa shape index (κ1) is 9.95. The number of carboxylic acids is 1. The summed E-state index contributed by atoms with van der Waals surface area (Å²) in [6.07, 6.45) is 0.804. The van der Waals surface area contributed by atoms with Gasteiger partial charge in [-0.2, -0.15) is 5.10 Å². The first-order valence-electron chi connectivity index (χ1n) is 5.38. The highest BCUT2D eigenvalue weighted by Crippen LogP contribution is 2.37. The third-order valence-corrected chi connectivity index (χ3v) is 2.87. The molecule has 0 fully saturated rings. The average molecular weight is 233 g/mol. The van der Waals surface area contributed by atoms with Crippen molar-refractivity contribution in [1.82, 2.24) is 10.2 Å². The predicted molar refractivity (Wildman–Crippen MR) is 60.0 cm³/mol. The molecular weight excluding hydrogens is 222 g/mol. The molecule has 0 amide bonds. The fraction of sp³-hybridized carbons (Fsp3) is 0.273. The molecule has 0 saturated heterocycles. The van der Waals surface area contributed by atoms with E-state index in [1.165, 1.54) is 0 Å². The molecule has 0 spiro atoms. The van der Waals surface area contributed by atoms with E-state index in [1.54, 1.807) is 0 Å². The second-order valence-corrected chi connectivity index (χ2v) is 3.88. The van der Waals surface area contributed by atoms with Gasteiger partial charge in [0.2, 0.25) is 0 Å². The van der Waals surface area contributed by atoms with E-state index in [1.807, 2.05) is 13.0 Å². The Labute approximate surface area is 96.6 Å². The molecule has 0 saturated carbocycles. The van der Waals surface area contributed by atoms with Gasteiger partial charge in [-0.3, -0.25) is 5.10 Å². The number of hydrogen-bond acceptors (Lipinski definition) is 4. The average Bonchev–Trinajstić information content (AvgIpc) is 2.91. The van der Waals surface area contributed by atoms with Crippen LogP contribution in [0.15, 0.2) is 10.5 Å². The lowest BCUT2D eigenvalue weighted by atomic mass is 10.1. The predicted octanol–water partition coefficient (Wildman–Crippen LogP) is 1.86. The molecule has 6 nitrogen and oxygen atoms in total. The number of aromatic amines is 1. The summed E-state index contributed by atoms with van der Waals surface area (Å²) in [7, 11) is 0. The van der Waals surface area contributed by atoms with Crippen molar-refractivity contribution >= 4 is 11.7 Å². The zero-order valence-corrected chi connectivity index (χ0v) is 9.20. The van der Waals surface area contributed by atoms with Crippen LogP contribution in [0.1, 0.15) is 28.9 Å². The fourth-order valence-electron chi connectivity index (χ4n) is 2.02. The minimum Gasteiger partial charge on any atom is -0.476 e. The van der Waals surface area contributed by atoms with Gasteiger partial charge in [-0.1, -0.05) is 6.92 Å². The van der Waals surface area contributed by atoms with Crippen molar-refractivity contribution in [2.75, 3.05) is 5.32 Å². The number of nitrogens with one attached hydrogen (secondary N) is 2. The normalized spacial score (nSPS) is 12.8. The first-order valence-corrected chi connectivity index (χ1v) is 5.38. The summed E-state index contributed by atoms with van der Waals surface area (Å²) in [5.74, 6) is 0.663. The van der Waals surface area contributed by atoms with Crippen LogP contribution in [0.5, 0.6) is 0 Å². The van der Waals surface area contributed by atoms with E-state index in [-0.39, 0.29) is 5.69 Å². The SMILES string of the molecule is CCc1cc2c(o1)CNc1c-2n[nH]c1C(=O)O. The highest BCUT2D eigenvalue weighted by atomic mass is 16.4. The molecule has 0 radical (unpaired) electrons. The number of aromatic carboxylic acids is 1. The van der Waals surface area contributed by atoms with Crippen LogP contribution < -0.4 is 5.32 Å². The van der Waals surface area contributed by atoms with E-state index in [2.05, 4.69) is 15.5 Å². The zero-order chi connectivity index (χ0) is 12.0. The number of nitrogens with zero attached hydrogens (tertiary/aromatic N) is 1. The molecule has 6 heteroatoms. The van der Waals surface area contributed by atoms with Gasteiger partial charge in [-0.15, -0.1) is 0 Å². The molecule has 1 aliphatic heterocycles. The largest absolute Gasteiger partial charge is 0.476 e. The molecule has 3 heterocycles. The molecule has 88 valence electrons. The molecule has 0 unspecified atom stereocenters. The van der Waals surface area contributed by atoms with Crippen molar-refractivity contribution in [3.8, 4) is 11.3 Å². The zero-order valence-electron chi connectivity index (χ0n) is 9.20. The molecular formula is C11H11N3O3. The maximum absolute atomic E-state index is 11.0. The Morgan fingerprint density at radius 1 is 1.65 bits per heavy atom. The third-order valence-electron chi connectivity index (χ3n) is 2.87. The molecule has 1 aliphatic rings. The fourth-order valence-corrected chi connectivity index (χ4v) is 2.02. The van der Waals surface area contributed by atoms with Crippen molar-refractivity contribution in [2.45, 2.75) is 19.9 Å². The topological polar surface area (TPSA) is 91.2 Å². The lowest BCUT2D eigenvalue weighted by Crippen LogP contribution is -2.09. The van der Waals surface area contributed by atoms with E-state index >= 15 is 0 Å². The van der Waals surface area contributed by atoms with Crippen LogP contribution in [0.3, 0.4) is 0 Å². The maximum atomic E-state index is 11.0. The van der Waals surface area contributed by atoms with Gasteiger partial charge in [0.15, 0.2) is 5.69 Å². The standard InChI is InChI=1S/C11H11N3O3/c1-2-5-3-6-7(17-5)4-12-9-8(6)13-14-10(9)11(15)16/h3,12H,2,4H2,1H3,(H,13,14)(H,15,16). The Morgan fingerprint density at radius 3 is 3.18 bits per heavy atom. The van der Waals surface area contributed by atoms with Crippen molar-refractivity contribution < 1.29 is 14.3 Å². The highest BCUT2D eigenvalue weighted by Gasteiger charge is 2.27. The summed E-state index contributed by atoms with van der Waals surface area (Å²) in [4.78, 5) is 11.0. The van der Waals surface area contributed by atoms with Gasteiger partial charge < -0.3 is 14.8 Å². The van der Waals surface area contributed by atoms with Crippen LogP contribution in [0, 0.1) is 0 Å². The third kappa shape index (κ3) is 1.33. The maximum Gasteiger partial charge on any atom is 0.356 e. The molecule has 3 rings (SSSR count). The lowest BCUT2D eigenvalue weighted by molar-refractivity contribution is 0.0691. The Kier molecular flexibility index (Phi) is 1.98. The van der Waals surface area contributed by atoms with Gasteiger partial charge in [0, 0.05) is 12.0 Å². The van der Waals surface area contributed by atoms with Crippen LogP contribution in [-0.4, -0.2) is 21.3 Å². The molecule has 17 heavy (non-hydrogen) atoms. The summed E-state index contributed by atoms with van der Waals surface area (Å²) in [6, 6.07) is 1.92. The summed E-state index contributed by atoms with van der Waals surface area (Å²) >= 11 is 0. The van der Waals surface area contributed by atoms with Crippen molar-refractivity contribution in [3.63, 3.8) is 0 Å². The number of carbonyl (C=O) groups is 1. The Balaban J connectivity index is 2.16.